The zero-order chi connectivity index (χ0) is 16.8. The van der Waals surface area contributed by atoms with E-state index in [2.05, 4.69) is 11.8 Å². The third kappa shape index (κ3) is 21.9. The maximum absolute atomic E-state index is 5.39. The molecule has 0 bridgehead atoms. The first-order valence-electron chi connectivity index (χ1n) is 10.3. The molecule has 0 aliphatic heterocycles. The van der Waals surface area contributed by atoms with E-state index in [9.17, 15) is 0 Å². The van der Waals surface area contributed by atoms with Crippen molar-refractivity contribution in [2.75, 3.05) is 19.8 Å². The Kier molecular flexibility index (Phi) is 21.8. The predicted octanol–water partition coefficient (Wildman–Crippen LogP) is 6.15. The van der Waals surface area contributed by atoms with Gasteiger partial charge in [0.05, 0.1) is 13.2 Å². The largest absolute Gasteiger partial charge is 0.379 e. The van der Waals surface area contributed by atoms with Gasteiger partial charge in [0.2, 0.25) is 0 Å². The molecule has 0 rings (SSSR count). The lowest BCUT2D eigenvalue weighted by molar-refractivity contribution is 0.0463. The van der Waals surface area contributed by atoms with Crippen molar-refractivity contribution in [2.24, 2.45) is 5.90 Å². The first kappa shape index (κ1) is 22.9. The number of rotatable bonds is 20. The van der Waals surface area contributed by atoms with E-state index in [1.54, 1.807) is 0 Å². The minimum Gasteiger partial charge on any atom is -0.379 e. The first-order valence-corrected chi connectivity index (χ1v) is 10.3. The third-order valence-electron chi connectivity index (χ3n) is 4.49. The van der Waals surface area contributed by atoms with Crippen LogP contribution in [0.3, 0.4) is 0 Å². The van der Waals surface area contributed by atoms with Crippen LogP contribution in [-0.4, -0.2) is 19.8 Å². The van der Waals surface area contributed by atoms with Crippen LogP contribution in [0.15, 0.2) is 0 Å². The number of nitrogens with two attached hydrogens (primary N) is 1. The van der Waals surface area contributed by atoms with Gasteiger partial charge in [-0.25, -0.2) is 5.90 Å². The molecule has 0 saturated carbocycles. The molecule has 0 amide bonds. The molecule has 140 valence electrons. The van der Waals surface area contributed by atoms with Gasteiger partial charge in [0.1, 0.15) is 0 Å². The molecule has 0 aliphatic carbocycles. The molecule has 3 nitrogen and oxygen atoms in total. The van der Waals surface area contributed by atoms with Gasteiger partial charge in [-0.2, -0.15) is 0 Å². The molecule has 0 heterocycles. The summed E-state index contributed by atoms with van der Waals surface area (Å²) >= 11 is 0. The summed E-state index contributed by atoms with van der Waals surface area (Å²) in [7, 11) is 0. The van der Waals surface area contributed by atoms with Crippen LogP contribution in [0.5, 0.6) is 0 Å². The van der Waals surface area contributed by atoms with E-state index in [1.807, 2.05) is 0 Å². The van der Waals surface area contributed by atoms with Crippen molar-refractivity contribution in [2.45, 2.75) is 110 Å². The smallest absolute Gasteiger partial charge is 0.0913 e. The molecule has 0 saturated heterocycles. The molecule has 3 heteroatoms. The van der Waals surface area contributed by atoms with Crippen LogP contribution in [-0.2, 0) is 9.57 Å². The zero-order valence-corrected chi connectivity index (χ0v) is 15.8. The summed E-state index contributed by atoms with van der Waals surface area (Å²) in [5.74, 6) is 4.93. The normalized spacial score (nSPS) is 11.2. The average molecular weight is 330 g/mol. The lowest BCUT2D eigenvalue weighted by Crippen LogP contribution is -2.08. The van der Waals surface area contributed by atoms with Crippen LogP contribution in [0.4, 0.5) is 0 Å². The van der Waals surface area contributed by atoms with E-state index >= 15 is 0 Å². The molecule has 0 aromatic rings. The van der Waals surface area contributed by atoms with Gasteiger partial charge < -0.3 is 9.57 Å². The van der Waals surface area contributed by atoms with Gasteiger partial charge in [0.15, 0.2) is 0 Å². The highest BCUT2D eigenvalue weighted by molar-refractivity contribution is 4.50. The van der Waals surface area contributed by atoms with Crippen LogP contribution in [0.1, 0.15) is 110 Å². The Hall–Kier alpha value is -0.120. The second-order valence-corrected chi connectivity index (χ2v) is 6.79. The maximum Gasteiger partial charge on any atom is 0.0913 e. The molecule has 0 aliphatic rings. The van der Waals surface area contributed by atoms with E-state index < -0.39 is 0 Å². The van der Waals surface area contributed by atoms with Crippen molar-refractivity contribution < 1.29 is 9.57 Å². The summed E-state index contributed by atoms with van der Waals surface area (Å²) in [4.78, 5) is 4.45. The summed E-state index contributed by atoms with van der Waals surface area (Å²) in [5, 5.41) is 0. The Labute approximate surface area is 145 Å². The summed E-state index contributed by atoms with van der Waals surface area (Å²) in [6, 6.07) is 0. The Bertz CT molecular complexity index is 180. The topological polar surface area (TPSA) is 44.5 Å². The molecular formula is C20H43NO2. The predicted molar refractivity (Wildman–Crippen MR) is 101 cm³/mol. The highest BCUT2D eigenvalue weighted by Crippen LogP contribution is 2.13. The SMILES string of the molecule is CCCCCCCCCCCCCCCCCCOCCON. The highest BCUT2D eigenvalue weighted by atomic mass is 16.6. The lowest BCUT2D eigenvalue weighted by Gasteiger charge is -2.04. The van der Waals surface area contributed by atoms with Gasteiger partial charge in [-0.3, -0.25) is 0 Å². The fourth-order valence-corrected chi connectivity index (χ4v) is 2.96. The van der Waals surface area contributed by atoms with Gasteiger partial charge in [-0.1, -0.05) is 103 Å². The van der Waals surface area contributed by atoms with Crippen LogP contribution >= 0.6 is 0 Å². The molecule has 0 unspecified atom stereocenters. The van der Waals surface area contributed by atoms with Crippen LogP contribution in [0.2, 0.25) is 0 Å². The number of ether oxygens (including phenoxy) is 1. The Morgan fingerprint density at radius 1 is 0.478 bits per heavy atom. The van der Waals surface area contributed by atoms with Gasteiger partial charge in [-0.15, -0.1) is 0 Å². The van der Waals surface area contributed by atoms with E-state index in [4.69, 9.17) is 10.6 Å². The standard InChI is InChI=1S/C20H43NO2/c1-2-3-4-5-6-7-8-9-10-11-12-13-14-15-16-17-18-22-19-20-23-21/h2-21H2,1H3. The van der Waals surface area contributed by atoms with Gasteiger partial charge >= 0.3 is 0 Å². The molecule has 2 N–H and O–H groups in total. The van der Waals surface area contributed by atoms with Gasteiger partial charge in [0, 0.05) is 6.61 Å². The Morgan fingerprint density at radius 3 is 1.26 bits per heavy atom. The maximum atomic E-state index is 5.39. The average Bonchev–Trinajstić information content (AvgIpc) is 2.57. The minimum atomic E-state index is 0.499. The molecule has 0 radical (unpaired) electrons. The number of hydrogen-bond donors (Lipinski definition) is 1. The second-order valence-electron chi connectivity index (χ2n) is 6.79. The van der Waals surface area contributed by atoms with Crippen molar-refractivity contribution in [1.29, 1.82) is 0 Å². The lowest BCUT2D eigenvalue weighted by atomic mass is 10.0. The third-order valence-corrected chi connectivity index (χ3v) is 4.49. The number of hydrogen-bond acceptors (Lipinski definition) is 3. The summed E-state index contributed by atoms with van der Waals surface area (Å²) in [5.41, 5.74) is 0. The van der Waals surface area contributed by atoms with Crippen molar-refractivity contribution in [3.05, 3.63) is 0 Å². The monoisotopic (exact) mass is 329 g/mol. The Balaban J connectivity index is 2.92. The molecule has 23 heavy (non-hydrogen) atoms. The molecule has 0 atom stereocenters. The zero-order valence-electron chi connectivity index (χ0n) is 15.8. The van der Waals surface area contributed by atoms with Crippen molar-refractivity contribution >= 4 is 0 Å². The summed E-state index contributed by atoms with van der Waals surface area (Å²) < 4.78 is 5.39. The Morgan fingerprint density at radius 2 is 0.870 bits per heavy atom. The molecule has 0 aromatic heterocycles. The van der Waals surface area contributed by atoms with Gasteiger partial charge in [0.25, 0.3) is 0 Å². The van der Waals surface area contributed by atoms with E-state index in [0.717, 1.165) is 6.61 Å². The molecule has 0 fully saturated rings. The second kappa shape index (κ2) is 21.9. The van der Waals surface area contributed by atoms with E-state index in [0.29, 0.717) is 13.2 Å². The van der Waals surface area contributed by atoms with Crippen LogP contribution in [0.25, 0.3) is 0 Å². The number of unbranched alkanes of at least 4 members (excludes halogenated alkanes) is 15. The molecule has 0 aromatic carbocycles. The minimum absolute atomic E-state index is 0.499. The van der Waals surface area contributed by atoms with Crippen molar-refractivity contribution in [3.63, 3.8) is 0 Å². The van der Waals surface area contributed by atoms with Gasteiger partial charge in [-0.05, 0) is 6.42 Å². The summed E-state index contributed by atoms with van der Waals surface area (Å²) in [6.07, 6.45) is 22.5. The van der Waals surface area contributed by atoms with E-state index in [1.165, 1.54) is 103 Å². The fourth-order valence-electron chi connectivity index (χ4n) is 2.96. The quantitative estimate of drug-likeness (QED) is 0.215. The van der Waals surface area contributed by atoms with Crippen molar-refractivity contribution in [1.82, 2.24) is 0 Å². The van der Waals surface area contributed by atoms with E-state index in [-0.39, 0.29) is 0 Å². The van der Waals surface area contributed by atoms with Crippen LogP contribution in [0, 0.1) is 0 Å². The first-order chi connectivity index (χ1) is 11.4. The van der Waals surface area contributed by atoms with Crippen molar-refractivity contribution in [3.8, 4) is 0 Å². The van der Waals surface area contributed by atoms with Crippen LogP contribution < -0.4 is 5.90 Å². The highest BCUT2D eigenvalue weighted by Gasteiger charge is 1.95. The fraction of sp³-hybridized carbons (Fsp3) is 1.00. The summed E-state index contributed by atoms with van der Waals surface area (Å²) in [6.45, 7) is 4.25. The molecule has 0 spiro atoms. The molecular weight excluding hydrogens is 286 g/mol.